The van der Waals surface area contributed by atoms with Gasteiger partial charge in [0.1, 0.15) is 0 Å². The topological polar surface area (TPSA) is 6.48 Å². The summed E-state index contributed by atoms with van der Waals surface area (Å²) < 4.78 is 5.21. The summed E-state index contributed by atoms with van der Waals surface area (Å²) in [5.41, 5.74) is 11.9. The maximum atomic E-state index is 2.45. The van der Waals surface area contributed by atoms with E-state index in [0.717, 1.165) is 22.7 Å². The summed E-state index contributed by atoms with van der Waals surface area (Å²) in [4.78, 5) is 4.85. The van der Waals surface area contributed by atoms with Crippen LogP contribution in [0.25, 0.3) is 116 Å². The van der Waals surface area contributed by atoms with Crippen molar-refractivity contribution in [1.29, 1.82) is 0 Å². The molecule has 16 rings (SSSR count). The molecule has 0 fully saturated rings. The molecule has 0 radical (unpaired) electrons. The Balaban J connectivity index is 0.844. The largest absolute Gasteiger partial charge is 0.309 e. The van der Waals surface area contributed by atoms with Gasteiger partial charge < -0.3 is 9.80 Å². The normalized spacial score (nSPS) is 11.8. The molecule has 0 aliphatic heterocycles. The fraction of sp³-hybridized carbons (Fsp3) is 0. The first-order chi connectivity index (χ1) is 38.7. The van der Waals surface area contributed by atoms with Crippen LogP contribution in [-0.4, -0.2) is 0 Å². The van der Waals surface area contributed by atoms with Crippen LogP contribution in [0.1, 0.15) is 0 Å². The van der Waals surface area contributed by atoms with E-state index in [-0.39, 0.29) is 0 Å². The third-order valence-corrected chi connectivity index (χ3v) is 18.2. The number of nitrogens with zero attached hydrogens (tertiary/aromatic N) is 2. The Morgan fingerprint density at radius 1 is 0.205 bits per heavy atom. The van der Waals surface area contributed by atoms with E-state index in [1.807, 2.05) is 22.7 Å². The highest BCUT2D eigenvalue weighted by Crippen LogP contribution is 2.52. The molecule has 364 valence electrons. The summed E-state index contributed by atoms with van der Waals surface area (Å²) in [6.07, 6.45) is 0. The molecule has 2 heterocycles. The summed E-state index contributed by atoms with van der Waals surface area (Å²) in [5.74, 6) is 0. The second-order valence-corrected chi connectivity index (χ2v) is 22.4. The predicted octanol–water partition coefficient (Wildman–Crippen LogP) is 22.5. The fourth-order valence-corrected chi connectivity index (χ4v) is 15.0. The number of benzene rings is 14. The van der Waals surface area contributed by atoms with Crippen LogP contribution >= 0.6 is 22.7 Å². The van der Waals surface area contributed by atoms with E-state index < -0.39 is 0 Å². The SMILES string of the molecule is c1ccc(N(c2ccccc2)c2c3ccccc3c(-c3ccc4c(c3)sc3ccc5c(ccc6sc7cc(-c8c9ccccc9c(N(c9ccccc9)c9ccccc9)c9ccccc89)ccc7c65)c34)c3ccccc23)cc1. The average molecular weight is 1030 g/mol. The third-order valence-electron chi connectivity index (χ3n) is 16.0. The van der Waals surface area contributed by atoms with Gasteiger partial charge in [-0.3, -0.25) is 0 Å². The maximum absolute atomic E-state index is 2.45. The van der Waals surface area contributed by atoms with Crippen LogP contribution in [0.5, 0.6) is 0 Å². The van der Waals surface area contributed by atoms with Crippen LogP contribution in [-0.2, 0) is 0 Å². The molecule has 0 bridgehead atoms. The average Bonchev–Trinajstić information content (AvgIpc) is 4.17. The van der Waals surface area contributed by atoms with Crippen molar-refractivity contribution < 1.29 is 0 Å². The summed E-state index contributed by atoms with van der Waals surface area (Å²) in [5, 5.41) is 17.7. The number of hydrogen-bond acceptors (Lipinski definition) is 4. The Morgan fingerprint density at radius 3 is 0.782 bits per heavy atom. The van der Waals surface area contributed by atoms with Gasteiger partial charge in [-0.1, -0.05) is 206 Å². The molecule has 2 nitrogen and oxygen atoms in total. The second-order valence-electron chi connectivity index (χ2n) is 20.2. The van der Waals surface area contributed by atoms with Gasteiger partial charge in [-0.05, 0) is 127 Å². The molecule has 0 spiro atoms. The zero-order valence-corrected chi connectivity index (χ0v) is 43.9. The summed E-state index contributed by atoms with van der Waals surface area (Å²) in [7, 11) is 0. The van der Waals surface area contributed by atoms with Gasteiger partial charge in [0.2, 0.25) is 0 Å². The zero-order chi connectivity index (χ0) is 51.3. The molecule has 0 unspecified atom stereocenters. The minimum absolute atomic E-state index is 1.13. The standard InChI is InChI=1S/C74H46N2S2/c1-5-21-49(22-6-1)75(50-23-7-2-8-24-50)73-59-33-17-13-29-53(59)69(54-30-14-18-34-60(54)73)47-37-39-63-67(45-47)77-65-43-41-58-57(71(63)65)42-44-66-72(58)64-40-38-48(46-68(64)78-66)70-55-31-15-19-35-61(55)74(62-36-20-16-32-56(62)70)76(51-25-9-3-10-26-51)52-27-11-4-12-28-52/h1-46H. The van der Waals surface area contributed by atoms with Crippen LogP contribution in [0, 0.1) is 0 Å². The van der Waals surface area contributed by atoms with E-state index in [1.165, 1.54) is 128 Å². The van der Waals surface area contributed by atoms with Gasteiger partial charge in [0.05, 0.1) is 11.4 Å². The highest BCUT2D eigenvalue weighted by atomic mass is 32.1. The molecule has 78 heavy (non-hydrogen) atoms. The minimum atomic E-state index is 1.13. The Kier molecular flexibility index (Phi) is 10.3. The molecular formula is C74H46N2S2. The molecule has 0 saturated carbocycles. The molecule has 0 saturated heterocycles. The Hall–Kier alpha value is -9.58. The van der Waals surface area contributed by atoms with E-state index in [4.69, 9.17) is 0 Å². The van der Waals surface area contributed by atoms with Gasteiger partial charge in [0, 0.05) is 84.6 Å². The smallest absolute Gasteiger partial charge is 0.0618 e. The lowest BCUT2D eigenvalue weighted by Gasteiger charge is -2.29. The van der Waals surface area contributed by atoms with Crippen molar-refractivity contribution in [3.05, 3.63) is 279 Å². The molecule has 0 amide bonds. The van der Waals surface area contributed by atoms with E-state index in [1.54, 1.807) is 0 Å². The first-order valence-electron chi connectivity index (χ1n) is 26.7. The lowest BCUT2D eigenvalue weighted by atomic mass is 9.89. The highest BCUT2D eigenvalue weighted by Gasteiger charge is 2.25. The van der Waals surface area contributed by atoms with Crippen LogP contribution in [0.15, 0.2) is 279 Å². The molecule has 14 aromatic carbocycles. The molecule has 4 heteroatoms. The zero-order valence-electron chi connectivity index (χ0n) is 42.3. The summed E-state index contributed by atoms with van der Waals surface area (Å²) in [6, 6.07) is 103. The van der Waals surface area contributed by atoms with Gasteiger partial charge in [-0.15, -0.1) is 22.7 Å². The maximum Gasteiger partial charge on any atom is 0.0618 e. The number of thiophene rings is 2. The summed E-state index contributed by atoms with van der Waals surface area (Å²) >= 11 is 3.80. The highest BCUT2D eigenvalue weighted by molar-refractivity contribution is 7.26. The van der Waals surface area contributed by atoms with E-state index in [2.05, 4.69) is 289 Å². The van der Waals surface area contributed by atoms with Crippen molar-refractivity contribution in [3.8, 4) is 22.3 Å². The van der Waals surface area contributed by atoms with Gasteiger partial charge in [0.15, 0.2) is 0 Å². The van der Waals surface area contributed by atoms with Gasteiger partial charge in [-0.2, -0.15) is 0 Å². The minimum Gasteiger partial charge on any atom is -0.309 e. The van der Waals surface area contributed by atoms with E-state index in [0.29, 0.717) is 0 Å². The Labute approximate surface area is 459 Å². The number of para-hydroxylation sites is 4. The van der Waals surface area contributed by atoms with Crippen molar-refractivity contribution in [2.45, 2.75) is 0 Å². The molecule has 16 aromatic rings. The van der Waals surface area contributed by atoms with Crippen LogP contribution in [0.2, 0.25) is 0 Å². The lowest BCUT2D eigenvalue weighted by molar-refractivity contribution is 1.31. The first kappa shape index (κ1) is 44.7. The predicted molar refractivity (Wildman–Crippen MR) is 340 cm³/mol. The first-order valence-corrected chi connectivity index (χ1v) is 28.3. The molecule has 0 aliphatic carbocycles. The molecule has 0 N–H and O–H groups in total. The monoisotopic (exact) mass is 1030 g/mol. The molecule has 0 aliphatic rings. The number of anilines is 6. The molecular weight excluding hydrogens is 981 g/mol. The van der Waals surface area contributed by atoms with E-state index >= 15 is 0 Å². The van der Waals surface area contributed by atoms with E-state index in [9.17, 15) is 0 Å². The van der Waals surface area contributed by atoms with Gasteiger partial charge >= 0.3 is 0 Å². The van der Waals surface area contributed by atoms with Crippen molar-refractivity contribution in [1.82, 2.24) is 0 Å². The molecule has 0 atom stereocenters. The van der Waals surface area contributed by atoms with Crippen molar-refractivity contribution in [3.63, 3.8) is 0 Å². The second kappa shape index (κ2) is 18.0. The van der Waals surface area contributed by atoms with Crippen LogP contribution in [0.4, 0.5) is 34.1 Å². The quantitative estimate of drug-likeness (QED) is 0.140. The van der Waals surface area contributed by atoms with Gasteiger partial charge in [-0.25, -0.2) is 0 Å². The van der Waals surface area contributed by atoms with Crippen molar-refractivity contribution >= 4 is 151 Å². The number of fused-ring (bicyclic) bond motifs is 13. The van der Waals surface area contributed by atoms with Crippen LogP contribution < -0.4 is 9.80 Å². The number of hydrogen-bond donors (Lipinski definition) is 0. The van der Waals surface area contributed by atoms with Crippen molar-refractivity contribution in [2.24, 2.45) is 0 Å². The number of rotatable bonds is 8. The third kappa shape index (κ3) is 6.94. The van der Waals surface area contributed by atoms with Crippen molar-refractivity contribution in [2.75, 3.05) is 9.80 Å². The summed E-state index contributed by atoms with van der Waals surface area (Å²) in [6.45, 7) is 0. The fourth-order valence-electron chi connectivity index (χ4n) is 12.7. The Bertz CT molecular complexity index is 4510. The van der Waals surface area contributed by atoms with Crippen LogP contribution in [0.3, 0.4) is 0 Å². The molecule has 2 aromatic heterocycles. The van der Waals surface area contributed by atoms with Gasteiger partial charge in [0.25, 0.3) is 0 Å². The Morgan fingerprint density at radius 2 is 0.474 bits per heavy atom. The lowest BCUT2D eigenvalue weighted by Crippen LogP contribution is -2.11.